The Kier molecular flexibility index (Phi) is 6.06. The Morgan fingerprint density at radius 3 is 2.52 bits per heavy atom. The molecule has 1 amide bonds. The van der Waals surface area contributed by atoms with E-state index in [9.17, 15) is 4.79 Å². The van der Waals surface area contributed by atoms with Gasteiger partial charge in [-0.15, -0.1) is 0 Å². The van der Waals surface area contributed by atoms with Crippen LogP contribution < -0.4 is 0 Å². The highest BCUT2D eigenvalue weighted by Gasteiger charge is 2.32. The summed E-state index contributed by atoms with van der Waals surface area (Å²) in [7, 11) is 0. The average Bonchev–Trinajstić information content (AvgIpc) is 2.82. The number of carbonyl (C=O) groups is 1. The standard InChI is InChI=1S/C17H32N2O2/c1-13(2)7-8-17(20)19-9-5-6-16(19)12-18-10-14(3)21-15(4)11-18/h13-16H,5-12H2,1-4H3. The predicted octanol–water partition coefficient (Wildman–Crippen LogP) is 2.52. The Morgan fingerprint density at radius 1 is 1.24 bits per heavy atom. The first-order chi connectivity index (χ1) is 9.95. The molecule has 2 heterocycles. The summed E-state index contributed by atoms with van der Waals surface area (Å²) < 4.78 is 5.80. The van der Waals surface area contributed by atoms with E-state index in [0.29, 0.717) is 36.5 Å². The molecule has 2 aliphatic rings. The van der Waals surface area contributed by atoms with Crippen molar-refractivity contribution >= 4 is 5.91 Å². The molecule has 0 aliphatic carbocycles. The minimum atomic E-state index is 0.306. The molecule has 0 N–H and O–H groups in total. The monoisotopic (exact) mass is 296 g/mol. The third-order valence-corrected chi connectivity index (χ3v) is 4.60. The van der Waals surface area contributed by atoms with Gasteiger partial charge >= 0.3 is 0 Å². The van der Waals surface area contributed by atoms with Gasteiger partial charge in [0.1, 0.15) is 0 Å². The number of morpholine rings is 1. The largest absolute Gasteiger partial charge is 0.373 e. The van der Waals surface area contributed by atoms with E-state index >= 15 is 0 Å². The zero-order valence-electron chi connectivity index (χ0n) is 14.2. The van der Waals surface area contributed by atoms with Gasteiger partial charge in [0.15, 0.2) is 0 Å². The number of rotatable bonds is 5. The molecule has 2 fully saturated rings. The van der Waals surface area contributed by atoms with Gasteiger partial charge in [-0.05, 0) is 39.0 Å². The van der Waals surface area contributed by atoms with Crippen molar-refractivity contribution in [3.63, 3.8) is 0 Å². The quantitative estimate of drug-likeness (QED) is 0.781. The molecule has 0 spiro atoms. The molecule has 2 aliphatic heterocycles. The van der Waals surface area contributed by atoms with Gasteiger partial charge in [0.2, 0.25) is 5.91 Å². The number of hydrogen-bond acceptors (Lipinski definition) is 3. The van der Waals surface area contributed by atoms with Gasteiger partial charge in [0.25, 0.3) is 0 Å². The first-order valence-electron chi connectivity index (χ1n) is 8.63. The maximum atomic E-state index is 12.4. The first kappa shape index (κ1) is 16.8. The molecule has 2 saturated heterocycles. The molecular formula is C17H32N2O2. The fourth-order valence-corrected chi connectivity index (χ4v) is 3.64. The van der Waals surface area contributed by atoms with E-state index in [1.165, 1.54) is 0 Å². The van der Waals surface area contributed by atoms with Crippen molar-refractivity contribution in [1.82, 2.24) is 9.80 Å². The number of ether oxygens (including phenoxy) is 1. The highest BCUT2D eigenvalue weighted by atomic mass is 16.5. The Balaban J connectivity index is 1.85. The number of amides is 1. The fraction of sp³-hybridized carbons (Fsp3) is 0.941. The lowest BCUT2D eigenvalue weighted by Crippen LogP contribution is -2.50. The summed E-state index contributed by atoms with van der Waals surface area (Å²) >= 11 is 0. The van der Waals surface area contributed by atoms with E-state index in [-0.39, 0.29) is 0 Å². The van der Waals surface area contributed by atoms with Crippen LogP contribution in [0, 0.1) is 5.92 Å². The van der Waals surface area contributed by atoms with E-state index in [0.717, 1.165) is 45.4 Å². The van der Waals surface area contributed by atoms with Crippen molar-refractivity contribution in [2.24, 2.45) is 5.92 Å². The van der Waals surface area contributed by atoms with Crippen LogP contribution in [0.5, 0.6) is 0 Å². The lowest BCUT2D eigenvalue weighted by molar-refractivity contribution is -0.133. The van der Waals surface area contributed by atoms with E-state index in [2.05, 4.69) is 37.5 Å². The van der Waals surface area contributed by atoms with Crippen LogP contribution >= 0.6 is 0 Å². The smallest absolute Gasteiger partial charge is 0.222 e. The molecule has 3 unspecified atom stereocenters. The fourth-order valence-electron chi connectivity index (χ4n) is 3.64. The van der Waals surface area contributed by atoms with Crippen molar-refractivity contribution in [2.75, 3.05) is 26.2 Å². The maximum Gasteiger partial charge on any atom is 0.222 e. The molecule has 4 nitrogen and oxygen atoms in total. The Bertz CT molecular complexity index is 336. The van der Waals surface area contributed by atoms with Gasteiger partial charge in [-0.2, -0.15) is 0 Å². The van der Waals surface area contributed by atoms with E-state index in [1.807, 2.05) is 0 Å². The van der Waals surface area contributed by atoms with Crippen molar-refractivity contribution in [3.05, 3.63) is 0 Å². The normalized spacial score (nSPS) is 31.1. The summed E-state index contributed by atoms with van der Waals surface area (Å²) in [6.07, 6.45) is 4.65. The van der Waals surface area contributed by atoms with Crippen molar-refractivity contribution in [3.8, 4) is 0 Å². The summed E-state index contributed by atoms with van der Waals surface area (Å²) in [5.41, 5.74) is 0. The molecule has 21 heavy (non-hydrogen) atoms. The predicted molar refractivity (Wildman–Crippen MR) is 85.3 cm³/mol. The molecule has 0 aromatic rings. The molecule has 3 atom stereocenters. The zero-order chi connectivity index (χ0) is 15.4. The number of likely N-dealkylation sites (tertiary alicyclic amines) is 1. The number of carbonyl (C=O) groups excluding carboxylic acids is 1. The number of hydrogen-bond donors (Lipinski definition) is 0. The molecule has 0 aromatic carbocycles. The SMILES string of the molecule is CC(C)CCC(=O)N1CCCC1CN1CC(C)OC(C)C1. The van der Waals surface area contributed by atoms with E-state index in [1.54, 1.807) is 0 Å². The summed E-state index contributed by atoms with van der Waals surface area (Å²) in [4.78, 5) is 17.0. The van der Waals surface area contributed by atoms with Gasteiger partial charge in [-0.1, -0.05) is 13.8 Å². The summed E-state index contributed by atoms with van der Waals surface area (Å²) in [5.74, 6) is 0.969. The summed E-state index contributed by atoms with van der Waals surface area (Å²) in [6, 6.07) is 0.419. The lowest BCUT2D eigenvalue weighted by atomic mass is 10.1. The highest BCUT2D eigenvalue weighted by Crippen LogP contribution is 2.22. The average molecular weight is 296 g/mol. The van der Waals surface area contributed by atoms with Crippen LogP contribution in [0.3, 0.4) is 0 Å². The highest BCUT2D eigenvalue weighted by molar-refractivity contribution is 5.76. The van der Waals surface area contributed by atoms with Crippen LogP contribution in [-0.2, 0) is 9.53 Å². The van der Waals surface area contributed by atoms with Crippen LogP contribution in [0.15, 0.2) is 0 Å². The van der Waals surface area contributed by atoms with Crippen LogP contribution in [0.25, 0.3) is 0 Å². The zero-order valence-corrected chi connectivity index (χ0v) is 14.2. The summed E-state index contributed by atoms with van der Waals surface area (Å²) in [5, 5.41) is 0. The van der Waals surface area contributed by atoms with E-state index in [4.69, 9.17) is 4.74 Å². The third-order valence-electron chi connectivity index (χ3n) is 4.60. The molecule has 0 saturated carbocycles. The van der Waals surface area contributed by atoms with Crippen LogP contribution in [-0.4, -0.2) is 60.1 Å². The molecule has 0 bridgehead atoms. The maximum absolute atomic E-state index is 12.4. The van der Waals surface area contributed by atoms with Crippen LogP contribution in [0.1, 0.15) is 53.4 Å². The minimum absolute atomic E-state index is 0.306. The first-order valence-corrected chi connectivity index (χ1v) is 8.63. The topological polar surface area (TPSA) is 32.8 Å². The molecule has 0 aromatic heterocycles. The van der Waals surface area contributed by atoms with Crippen molar-refractivity contribution < 1.29 is 9.53 Å². The van der Waals surface area contributed by atoms with Gasteiger partial charge in [0, 0.05) is 38.6 Å². The minimum Gasteiger partial charge on any atom is -0.373 e. The van der Waals surface area contributed by atoms with Crippen LogP contribution in [0.4, 0.5) is 0 Å². The van der Waals surface area contributed by atoms with Crippen LogP contribution in [0.2, 0.25) is 0 Å². The number of nitrogens with zero attached hydrogens (tertiary/aromatic N) is 2. The van der Waals surface area contributed by atoms with E-state index < -0.39 is 0 Å². The second-order valence-corrected chi connectivity index (χ2v) is 7.29. The Hall–Kier alpha value is -0.610. The van der Waals surface area contributed by atoms with Crippen molar-refractivity contribution in [1.29, 1.82) is 0 Å². The van der Waals surface area contributed by atoms with Gasteiger partial charge in [0.05, 0.1) is 12.2 Å². The third kappa shape index (κ3) is 4.96. The molecular weight excluding hydrogens is 264 g/mol. The second-order valence-electron chi connectivity index (χ2n) is 7.29. The van der Waals surface area contributed by atoms with Crippen molar-refractivity contribution in [2.45, 2.75) is 71.6 Å². The Morgan fingerprint density at radius 2 is 1.90 bits per heavy atom. The Labute approximate surface area is 129 Å². The molecule has 122 valence electrons. The summed E-state index contributed by atoms with van der Waals surface area (Å²) in [6.45, 7) is 12.6. The van der Waals surface area contributed by atoms with Gasteiger partial charge in [-0.25, -0.2) is 0 Å². The van der Waals surface area contributed by atoms with Gasteiger partial charge < -0.3 is 9.64 Å². The molecule has 2 rings (SSSR count). The van der Waals surface area contributed by atoms with Gasteiger partial charge in [-0.3, -0.25) is 9.69 Å². The molecule has 4 heteroatoms. The molecule has 0 radical (unpaired) electrons. The lowest BCUT2D eigenvalue weighted by Gasteiger charge is -2.38. The second kappa shape index (κ2) is 7.59.